The van der Waals surface area contributed by atoms with Crippen molar-refractivity contribution in [2.24, 2.45) is 11.5 Å². The molecular formula is C5H10N4O4. The highest BCUT2D eigenvalue weighted by Gasteiger charge is 2.35. The molecule has 0 aliphatic rings. The maximum Gasteiger partial charge on any atom is 0.350 e. The smallest absolute Gasteiger partial charge is 0.350 e. The topological polar surface area (TPSA) is 148 Å². The van der Waals surface area contributed by atoms with Crippen LogP contribution in [0, 0.1) is 0 Å². The lowest BCUT2D eigenvalue weighted by Gasteiger charge is -2.25. The predicted molar refractivity (Wildman–Crippen MR) is 41.5 cm³/mol. The Morgan fingerprint density at radius 3 is 1.62 bits per heavy atom. The quantitative estimate of drug-likeness (QED) is 0.331. The van der Waals surface area contributed by atoms with Crippen LogP contribution in [0.15, 0.2) is 0 Å². The lowest BCUT2D eigenvalue weighted by molar-refractivity contribution is -0.144. The fourth-order valence-electron chi connectivity index (χ4n) is 0.631. The summed E-state index contributed by atoms with van der Waals surface area (Å²) >= 11 is 0. The minimum atomic E-state index is -1.99. The maximum atomic E-state index is 10.6. The summed E-state index contributed by atoms with van der Waals surface area (Å²) in [6.45, 7) is 1.03. The Balaban J connectivity index is 4.62. The van der Waals surface area contributed by atoms with Crippen molar-refractivity contribution >= 4 is 18.0 Å². The van der Waals surface area contributed by atoms with Gasteiger partial charge in [-0.1, -0.05) is 0 Å². The summed E-state index contributed by atoms with van der Waals surface area (Å²) in [7, 11) is 0. The van der Waals surface area contributed by atoms with Crippen molar-refractivity contribution in [2.45, 2.75) is 12.6 Å². The number of primary amides is 2. The van der Waals surface area contributed by atoms with Crippen molar-refractivity contribution < 1.29 is 19.5 Å². The molecule has 0 spiro atoms. The molecule has 0 aromatic heterocycles. The van der Waals surface area contributed by atoms with Crippen LogP contribution in [-0.4, -0.2) is 28.8 Å². The first-order valence-electron chi connectivity index (χ1n) is 3.16. The van der Waals surface area contributed by atoms with Gasteiger partial charge >= 0.3 is 18.0 Å². The number of aliphatic carboxylic acids is 1. The first-order chi connectivity index (χ1) is 5.78. The Morgan fingerprint density at radius 1 is 1.15 bits per heavy atom. The fourth-order valence-corrected chi connectivity index (χ4v) is 0.631. The van der Waals surface area contributed by atoms with Crippen molar-refractivity contribution in [1.82, 2.24) is 10.6 Å². The van der Waals surface area contributed by atoms with Crippen LogP contribution in [0.3, 0.4) is 0 Å². The van der Waals surface area contributed by atoms with E-state index in [1.807, 2.05) is 10.6 Å². The van der Waals surface area contributed by atoms with Gasteiger partial charge in [-0.2, -0.15) is 0 Å². The Morgan fingerprint density at radius 2 is 1.46 bits per heavy atom. The highest BCUT2D eigenvalue weighted by molar-refractivity contribution is 5.89. The average molecular weight is 190 g/mol. The van der Waals surface area contributed by atoms with Gasteiger partial charge in [-0.15, -0.1) is 0 Å². The molecule has 0 aromatic carbocycles. The molecule has 0 unspecified atom stereocenters. The lowest BCUT2D eigenvalue weighted by atomic mass is 10.2. The van der Waals surface area contributed by atoms with Gasteiger partial charge in [-0.05, 0) is 6.92 Å². The molecular weight excluding hydrogens is 180 g/mol. The zero-order valence-corrected chi connectivity index (χ0v) is 6.83. The van der Waals surface area contributed by atoms with E-state index in [1.165, 1.54) is 0 Å². The summed E-state index contributed by atoms with van der Waals surface area (Å²) in [5.41, 5.74) is 7.38. The second kappa shape index (κ2) is 3.61. The zero-order chi connectivity index (χ0) is 10.6. The monoisotopic (exact) mass is 190 g/mol. The molecule has 0 fully saturated rings. The van der Waals surface area contributed by atoms with Crippen molar-refractivity contribution in [3.8, 4) is 0 Å². The molecule has 0 saturated carbocycles. The molecule has 4 amide bonds. The largest absolute Gasteiger partial charge is 0.478 e. The van der Waals surface area contributed by atoms with E-state index in [4.69, 9.17) is 5.11 Å². The maximum absolute atomic E-state index is 10.6. The number of carboxylic acids is 1. The molecule has 74 valence electrons. The molecule has 0 radical (unpaired) electrons. The molecule has 0 heterocycles. The van der Waals surface area contributed by atoms with Gasteiger partial charge in [0.05, 0.1) is 0 Å². The second-order valence-corrected chi connectivity index (χ2v) is 2.41. The highest BCUT2D eigenvalue weighted by Crippen LogP contribution is 1.97. The van der Waals surface area contributed by atoms with E-state index >= 15 is 0 Å². The number of nitrogens with two attached hydrogens (primary N) is 2. The Kier molecular flexibility index (Phi) is 3.05. The minimum Gasteiger partial charge on any atom is -0.478 e. The van der Waals surface area contributed by atoms with Crippen LogP contribution in [0.1, 0.15) is 6.92 Å². The molecule has 0 aliphatic carbocycles. The van der Waals surface area contributed by atoms with E-state index in [0.717, 1.165) is 6.92 Å². The second-order valence-electron chi connectivity index (χ2n) is 2.41. The molecule has 0 rings (SSSR count). The number of hydrogen-bond donors (Lipinski definition) is 5. The van der Waals surface area contributed by atoms with Crippen LogP contribution in [0.2, 0.25) is 0 Å². The summed E-state index contributed by atoms with van der Waals surface area (Å²) in [6.07, 6.45) is 0. The van der Waals surface area contributed by atoms with E-state index < -0.39 is 23.7 Å². The number of hydrogen-bond acceptors (Lipinski definition) is 3. The number of urea groups is 2. The van der Waals surface area contributed by atoms with Gasteiger partial charge in [0, 0.05) is 0 Å². The van der Waals surface area contributed by atoms with Crippen LogP contribution in [0.5, 0.6) is 0 Å². The molecule has 0 atom stereocenters. The molecule has 8 nitrogen and oxygen atoms in total. The molecule has 0 aliphatic heterocycles. The van der Waals surface area contributed by atoms with Crippen LogP contribution < -0.4 is 22.1 Å². The SMILES string of the molecule is CC(NC(N)=O)(NC(N)=O)C(=O)O. The minimum absolute atomic E-state index is 1.03. The number of carboxylic acid groups (broad SMARTS) is 1. The summed E-state index contributed by atoms with van der Waals surface area (Å²) in [5, 5.41) is 12.2. The van der Waals surface area contributed by atoms with Crippen molar-refractivity contribution in [3.63, 3.8) is 0 Å². The normalized spacial score (nSPS) is 10.2. The van der Waals surface area contributed by atoms with Gasteiger partial charge in [-0.25, -0.2) is 14.4 Å². The van der Waals surface area contributed by atoms with E-state index in [9.17, 15) is 14.4 Å². The Hall–Kier alpha value is -1.99. The molecule has 7 N–H and O–H groups in total. The third kappa shape index (κ3) is 3.27. The van der Waals surface area contributed by atoms with Crippen LogP contribution in [0.4, 0.5) is 9.59 Å². The standard InChI is InChI=1S/C5H10N4O4/c1-5(2(10)11,8-3(6)12)9-4(7)13/h1H3,(H,10,11)(H3,6,8,12)(H3,7,9,13). The van der Waals surface area contributed by atoms with E-state index in [1.54, 1.807) is 0 Å². The predicted octanol–water partition coefficient (Wildman–Crippen LogP) is -1.88. The first-order valence-corrected chi connectivity index (χ1v) is 3.16. The van der Waals surface area contributed by atoms with Gasteiger partial charge in [0.15, 0.2) is 0 Å². The van der Waals surface area contributed by atoms with Gasteiger partial charge in [0.25, 0.3) is 0 Å². The van der Waals surface area contributed by atoms with Gasteiger partial charge in [0.1, 0.15) is 0 Å². The van der Waals surface area contributed by atoms with Crippen molar-refractivity contribution in [3.05, 3.63) is 0 Å². The van der Waals surface area contributed by atoms with Gasteiger partial charge in [0.2, 0.25) is 5.66 Å². The highest BCUT2D eigenvalue weighted by atomic mass is 16.4. The van der Waals surface area contributed by atoms with Crippen molar-refractivity contribution in [2.75, 3.05) is 0 Å². The van der Waals surface area contributed by atoms with Crippen LogP contribution in [0.25, 0.3) is 0 Å². The molecule has 0 bridgehead atoms. The fraction of sp³-hybridized carbons (Fsp3) is 0.400. The number of carbonyl (C=O) groups excluding carboxylic acids is 2. The summed E-state index contributed by atoms with van der Waals surface area (Å²) < 4.78 is 0. The Bertz CT molecular complexity index is 235. The number of nitrogens with one attached hydrogen (secondary N) is 2. The van der Waals surface area contributed by atoms with E-state index in [2.05, 4.69) is 11.5 Å². The average Bonchev–Trinajstić information content (AvgIpc) is 1.82. The third-order valence-corrected chi connectivity index (χ3v) is 1.17. The Labute approximate surface area is 73.3 Å². The first kappa shape index (κ1) is 11.0. The molecule has 0 saturated heterocycles. The number of carbonyl (C=O) groups is 3. The summed E-state index contributed by atoms with van der Waals surface area (Å²) in [4.78, 5) is 31.3. The van der Waals surface area contributed by atoms with Crippen LogP contribution in [-0.2, 0) is 4.79 Å². The number of amides is 4. The third-order valence-electron chi connectivity index (χ3n) is 1.17. The van der Waals surface area contributed by atoms with E-state index in [0.29, 0.717) is 0 Å². The molecule has 13 heavy (non-hydrogen) atoms. The van der Waals surface area contributed by atoms with E-state index in [-0.39, 0.29) is 0 Å². The molecule has 0 aromatic rings. The van der Waals surface area contributed by atoms with Crippen LogP contribution >= 0.6 is 0 Å². The van der Waals surface area contributed by atoms with Crippen molar-refractivity contribution in [1.29, 1.82) is 0 Å². The van der Waals surface area contributed by atoms with Gasteiger partial charge in [-0.3, -0.25) is 0 Å². The number of rotatable bonds is 3. The summed E-state index contributed by atoms with van der Waals surface area (Å²) in [5.74, 6) is -1.48. The zero-order valence-electron chi connectivity index (χ0n) is 6.83. The van der Waals surface area contributed by atoms with Gasteiger partial charge < -0.3 is 27.2 Å². The summed E-state index contributed by atoms with van der Waals surface area (Å²) in [6, 6.07) is -2.17. The molecule has 8 heteroatoms. The lowest BCUT2D eigenvalue weighted by Crippen LogP contribution is -2.65.